The van der Waals surface area contributed by atoms with Crippen molar-refractivity contribution in [2.75, 3.05) is 32.7 Å². The van der Waals surface area contributed by atoms with Crippen molar-refractivity contribution in [3.63, 3.8) is 0 Å². The van der Waals surface area contributed by atoms with Crippen LogP contribution in [0.3, 0.4) is 0 Å². The van der Waals surface area contributed by atoms with Gasteiger partial charge in [-0.25, -0.2) is 15.0 Å². The molecule has 0 saturated carbocycles. The van der Waals surface area contributed by atoms with E-state index in [1.54, 1.807) is 28.9 Å². The standard InChI is InChI=1S/C22H30N6O7S/c1-11(29)32-9-15-17(33-12(2)30)22(4,35-13(3)31)20(34-15)28-8-14(23)16-18(24-10-27(5)6)25-21(36-7)26-19(16)28/h8,10,15,17,20H,9,23H2,1-7H3/b24-10+/t15-,17-,20?,22?/m1/s1. The molecule has 3 heterocycles. The van der Waals surface area contributed by atoms with Crippen LogP contribution in [0.15, 0.2) is 16.3 Å². The number of nitrogen functional groups attached to an aromatic ring is 1. The molecule has 0 radical (unpaired) electrons. The Balaban J connectivity index is 2.22. The highest BCUT2D eigenvalue weighted by Gasteiger charge is 2.60. The van der Waals surface area contributed by atoms with Crippen molar-refractivity contribution in [2.45, 2.75) is 56.9 Å². The number of esters is 3. The lowest BCUT2D eigenvalue weighted by atomic mass is 9.95. The minimum atomic E-state index is -1.53. The zero-order valence-electron chi connectivity index (χ0n) is 21.2. The predicted octanol–water partition coefficient (Wildman–Crippen LogP) is 1.67. The molecule has 13 nitrogen and oxygen atoms in total. The predicted molar refractivity (Wildman–Crippen MR) is 132 cm³/mol. The Morgan fingerprint density at radius 3 is 2.50 bits per heavy atom. The molecule has 1 fully saturated rings. The third kappa shape index (κ3) is 5.54. The third-order valence-corrected chi connectivity index (χ3v) is 5.86. The number of carbonyl (C=O) groups excluding carboxylic acids is 3. The summed E-state index contributed by atoms with van der Waals surface area (Å²) < 4.78 is 24.2. The second kappa shape index (κ2) is 10.7. The number of hydrogen-bond acceptors (Lipinski definition) is 12. The minimum Gasteiger partial charge on any atom is -0.463 e. The SMILES string of the molecule is CSc1nc(/N=C/N(C)C)c2c(N)cn(C3O[C@H](COC(C)=O)[C@@H](OC(C)=O)C3(C)OC(C)=O)c2n1. The van der Waals surface area contributed by atoms with Crippen molar-refractivity contribution in [3.05, 3.63) is 6.20 Å². The molecule has 0 aromatic carbocycles. The fourth-order valence-electron chi connectivity index (χ4n) is 4.01. The topological polar surface area (TPSA) is 160 Å². The van der Waals surface area contributed by atoms with Crippen molar-refractivity contribution < 1.29 is 33.3 Å². The van der Waals surface area contributed by atoms with Gasteiger partial charge in [0.05, 0.1) is 17.4 Å². The number of anilines is 1. The van der Waals surface area contributed by atoms with Gasteiger partial charge in [-0.15, -0.1) is 0 Å². The number of fused-ring (bicyclic) bond motifs is 1. The summed E-state index contributed by atoms with van der Waals surface area (Å²) >= 11 is 1.31. The lowest BCUT2D eigenvalue weighted by Crippen LogP contribution is -2.50. The Labute approximate surface area is 212 Å². The van der Waals surface area contributed by atoms with Gasteiger partial charge in [0.1, 0.15) is 12.7 Å². The van der Waals surface area contributed by atoms with Gasteiger partial charge < -0.3 is 29.6 Å². The van der Waals surface area contributed by atoms with Crippen LogP contribution in [0.1, 0.15) is 33.9 Å². The molecule has 0 spiro atoms. The van der Waals surface area contributed by atoms with E-state index in [0.29, 0.717) is 27.7 Å². The molecule has 0 aliphatic carbocycles. The summed E-state index contributed by atoms with van der Waals surface area (Å²) in [6.07, 6.45) is 1.88. The van der Waals surface area contributed by atoms with Gasteiger partial charge in [0, 0.05) is 41.1 Å². The number of rotatable bonds is 8. The van der Waals surface area contributed by atoms with Crippen LogP contribution in [0.25, 0.3) is 11.0 Å². The first-order valence-corrected chi connectivity index (χ1v) is 12.2. The maximum Gasteiger partial charge on any atom is 0.303 e. The molecule has 1 aliphatic rings. The molecule has 0 amide bonds. The van der Waals surface area contributed by atoms with E-state index in [0.717, 1.165) is 0 Å². The molecule has 1 saturated heterocycles. The van der Waals surface area contributed by atoms with Crippen molar-refractivity contribution in [3.8, 4) is 0 Å². The summed E-state index contributed by atoms with van der Waals surface area (Å²) in [5.74, 6) is -1.46. The van der Waals surface area contributed by atoms with Gasteiger partial charge in [-0.1, -0.05) is 11.8 Å². The van der Waals surface area contributed by atoms with E-state index in [-0.39, 0.29) is 6.61 Å². The highest BCUT2D eigenvalue weighted by Crippen LogP contribution is 2.46. The molecule has 14 heteroatoms. The Morgan fingerprint density at radius 1 is 1.25 bits per heavy atom. The number of carbonyl (C=O) groups is 3. The molecule has 2 unspecified atom stereocenters. The van der Waals surface area contributed by atoms with E-state index < -0.39 is 41.9 Å². The van der Waals surface area contributed by atoms with E-state index >= 15 is 0 Å². The van der Waals surface area contributed by atoms with Crippen LogP contribution in [0.4, 0.5) is 11.5 Å². The van der Waals surface area contributed by atoms with Crippen LogP contribution in [0.2, 0.25) is 0 Å². The van der Waals surface area contributed by atoms with Gasteiger partial charge in [0.25, 0.3) is 0 Å². The number of nitrogens with zero attached hydrogens (tertiary/aromatic N) is 5. The average molecular weight is 523 g/mol. The zero-order chi connectivity index (χ0) is 26.8. The molecule has 36 heavy (non-hydrogen) atoms. The molecule has 2 aromatic heterocycles. The Hall–Kier alpha value is -3.39. The molecule has 2 aromatic rings. The molecule has 2 N–H and O–H groups in total. The number of nitrogens with two attached hydrogens (primary N) is 1. The van der Waals surface area contributed by atoms with Crippen LogP contribution >= 0.6 is 11.8 Å². The van der Waals surface area contributed by atoms with Gasteiger partial charge in [0.15, 0.2) is 34.6 Å². The summed E-state index contributed by atoms with van der Waals surface area (Å²) in [4.78, 5) is 50.9. The maximum absolute atomic E-state index is 12.2. The second-order valence-electron chi connectivity index (χ2n) is 8.57. The van der Waals surface area contributed by atoms with Crippen molar-refractivity contribution in [2.24, 2.45) is 4.99 Å². The normalized spacial score (nSPS) is 23.7. The van der Waals surface area contributed by atoms with E-state index in [9.17, 15) is 14.4 Å². The average Bonchev–Trinajstić information content (AvgIpc) is 3.23. The van der Waals surface area contributed by atoms with Crippen LogP contribution < -0.4 is 5.73 Å². The highest BCUT2D eigenvalue weighted by atomic mass is 32.2. The van der Waals surface area contributed by atoms with Crippen molar-refractivity contribution in [1.29, 1.82) is 0 Å². The largest absolute Gasteiger partial charge is 0.463 e. The van der Waals surface area contributed by atoms with Crippen LogP contribution in [-0.4, -0.2) is 88.4 Å². The summed E-state index contributed by atoms with van der Waals surface area (Å²) in [7, 11) is 3.64. The van der Waals surface area contributed by atoms with Crippen molar-refractivity contribution >= 4 is 58.5 Å². The number of hydrogen-bond donors (Lipinski definition) is 1. The van der Waals surface area contributed by atoms with Crippen molar-refractivity contribution in [1.82, 2.24) is 19.4 Å². The summed E-state index contributed by atoms with van der Waals surface area (Å²) in [5, 5.41) is 0.889. The second-order valence-corrected chi connectivity index (χ2v) is 9.34. The quantitative estimate of drug-likeness (QED) is 0.134. The third-order valence-electron chi connectivity index (χ3n) is 5.31. The van der Waals surface area contributed by atoms with Crippen LogP contribution in [0, 0.1) is 0 Å². The van der Waals surface area contributed by atoms with E-state index in [2.05, 4.69) is 15.0 Å². The molecule has 3 rings (SSSR count). The number of thioether (sulfide) groups is 1. The van der Waals surface area contributed by atoms with E-state index in [1.807, 2.05) is 20.4 Å². The summed E-state index contributed by atoms with van der Waals surface area (Å²) in [5.41, 5.74) is 5.52. The van der Waals surface area contributed by atoms with Gasteiger partial charge in [-0.2, -0.15) is 0 Å². The Kier molecular flexibility index (Phi) is 8.09. The maximum atomic E-state index is 12.2. The molecule has 4 atom stereocenters. The van der Waals surface area contributed by atoms with Gasteiger partial charge in [-0.05, 0) is 13.2 Å². The first-order chi connectivity index (χ1) is 16.9. The van der Waals surface area contributed by atoms with Crippen LogP contribution in [0.5, 0.6) is 0 Å². The van der Waals surface area contributed by atoms with E-state index in [4.69, 9.17) is 24.7 Å². The first kappa shape index (κ1) is 27.2. The number of ether oxygens (including phenoxy) is 4. The smallest absolute Gasteiger partial charge is 0.303 e. The van der Waals surface area contributed by atoms with Gasteiger partial charge in [0.2, 0.25) is 0 Å². The number of aromatic nitrogens is 3. The molecule has 196 valence electrons. The monoisotopic (exact) mass is 522 g/mol. The molecular formula is C22H30N6O7S. The molecular weight excluding hydrogens is 492 g/mol. The van der Waals surface area contributed by atoms with Crippen LogP contribution in [-0.2, 0) is 33.3 Å². The minimum absolute atomic E-state index is 0.237. The summed E-state index contributed by atoms with van der Waals surface area (Å²) in [6.45, 7) is 5.04. The summed E-state index contributed by atoms with van der Waals surface area (Å²) in [6, 6.07) is 0. The Morgan fingerprint density at radius 2 is 1.94 bits per heavy atom. The Bertz CT molecular complexity index is 1200. The fourth-order valence-corrected chi connectivity index (χ4v) is 4.37. The van der Waals surface area contributed by atoms with Gasteiger partial charge in [-0.3, -0.25) is 19.0 Å². The fraction of sp³-hybridized carbons (Fsp3) is 0.545. The van der Waals surface area contributed by atoms with Gasteiger partial charge >= 0.3 is 17.9 Å². The van der Waals surface area contributed by atoms with E-state index in [1.165, 1.54) is 32.5 Å². The lowest BCUT2D eigenvalue weighted by molar-refractivity contribution is -0.184. The first-order valence-electron chi connectivity index (χ1n) is 11.0. The molecule has 1 aliphatic heterocycles. The molecule has 0 bridgehead atoms. The number of aliphatic imine (C=N–C) groups is 1. The highest BCUT2D eigenvalue weighted by molar-refractivity contribution is 7.98. The zero-order valence-corrected chi connectivity index (χ0v) is 22.0. The lowest BCUT2D eigenvalue weighted by Gasteiger charge is -2.34.